The summed E-state index contributed by atoms with van der Waals surface area (Å²) in [6, 6.07) is 0. The Bertz CT molecular complexity index is 325. The molecule has 0 aromatic carbocycles. The van der Waals surface area contributed by atoms with Crippen LogP contribution in [0.4, 0.5) is 0 Å². The Hall–Kier alpha value is -0.0400. The Labute approximate surface area is 173 Å². The summed E-state index contributed by atoms with van der Waals surface area (Å²) < 4.78 is 1.43. The van der Waals surface area contributed by atoms with E-state index in [1.54, 1.807) is 0 Å². The van der Waals surface area contributed by atoms with Crippen molar-refractivity contribution >= 4 is 0 Å². The third-order valence-corrected chi connectivity index (χ3v) is 7.94. The van der Waals surface area contributed by atoms with E-state index in [9.17, 15) is 0 Å². The monoisotopic (exact) mass is 380 g/mol. The van der Waals surface area contributed by atoms with Gasteiger partial charge in [0, 0.05) is 19.3 Å². The van der Waals surface area contributed by atoms with Crippen LogP contribution in [-0.2, 0) is 0 Å². The molecule has 0 atom stereocenters. The Morgan fingerprint density at radius 2 is 1.04 bits per heavy atom. The van der Waals surface area contributed by atoms with Crippen LogP contribution in [0.15, 0.2) is 0 Å². The van der Waals surface area contributed by atoms with Gasteiger partial charge >= 0.3 is 0 Å². The molecule has 0 aliphatic heterocycles. The van der Waals surface area contributed by atoms with E-state index >= 15 is 0 Å². The van der Waals surface area contributed by atoms with E-state index in [1.165, 1.54) is 140 Å². The number of nitrogens with zero attached hydrogens (tertiary/aromatic N) is 1. The summed E-state index contributed by atoms with van der Waals surface area (Å²) in [6.45, 7) is 13.8. The van der Waals surface area contributed by atoms with Crippen molar-refractivity contribution in [2.75, 3.05) is 19.6 Å². The maximum atomic E-state index is 2.49. The molecule has 0 aromatic rings. The van der Waals surface area contributed by atoms with E-state index in [4.69, 9.17) is 0 Å². The predicted molar refractivity (Wildman–Crippen MR) is 123 cm³/mol. The zero-order valence-electron chi connectivity index (χ0n) is 19.8. The van der Waals surface area contributed by atoms with E-state index in [0.717, 1.165) is 0 Å². The van der Waals surface area contributed by atoms with Crippen molar-refractivity contribution in [3.05, 3.63) is 0 Å². The molecule has 0 radical (unpaired) electrons. The van der Waals surface area contributed by atoms with Crippen LogP contribution in [0.2, 0.25) is 0 Å². The van der Waals surface area contributed by atoms with E-state index in [1.807, 2.05) is 0 Å². The molecule has 162 valence electrons. The average molecular weight is 381 g/mol. The molecule has 0 saturated heterocycles. The standard InChI is InChI=1S/C26H54N/c1-5-9-11-12-13-14-15-16-17-21-25-27(7-3,8-4)26(22-10-6-2)23-19-18-20-24-26/h5-25H2,1-4H3/q+1. The largest absolute Gasteiger partial charge is 0.319 e. The van der Waals surface area contributed by atoms with Crippen molar-refractivity contribution in [3.8, 4) is 0 Å². The third kappa shape index (κ3) is 8.08. The lowest BCUT2D eigenvalue weighted by molar-refractivity contribution is -0.976. The van der Waals surface area contributed by atoms with E-state index in [-0.39, 0.29) is 0 Å². The first kappa shape index (κ1) is 25.0. The van der Waals surface area contributed by atoms with Crippen molar-refractivity contribution in [2.24, 2.45) is 0 Å². The third-order valence-electron chi connectivity index (χ3n) is 7.94. The van der Waals surface area contributed by atoms with Crippen molar-refractivity contribution in [1.29, 1.82) is 0 Å². The second-order valence-corrected chi connectivity index (χ2v) is 9.57. The zero-order valence-corrected chi connectivity index (χ0v) is 19.8. The lowest BCUT2D eigenvalue weighted by Crippen LogP contribution is -2.65. The van der Waals surface area contributed by atoms with Crippen molar-refractivity contribution in [3.63, 3.8) is 0 Å². The highest BCUT2D eigenvalue weighted by Gasteiger charge is 2.48. The molecule has 27 heavy (non-hydrogen) atoms. The first-order chi connectivity index (χ1) is 13.2. The smallest absolute Gasteiger partial charge is 0.0992 e. The molecule has 1 fully saturated rings. The molecular formula is C26H54N+. The molecule has 0 spiro atoms. The van der Waals surface area contributed by atoms with Crippen LogP contribution in [0.25, 0.3) is 0 Å². The molecule has 0 aromatic heterocycles. The first-order valence-electron chi connectivity index (χ1n) is 13.1. The number of quaternary nitrogens is 1. The quantitative estimate of drug-likeness (QED) is 0.175. The Kier molecular flexibility index (Phi) is 13.8. The fraction of sp³-hybridized carbons (Fsp3) is 1.00. The minimum atomic E-state index is 0.622. The Morgan fingerprint density at radius 1 is 0.556 bits per heavy atom. The number of hydrogen-bond acceptors (Lipinski definition) is 0. The second kappa shape index (κ2) is 14.9. The van der Waals surface area contributed by atoms with Crippen molar-refractivity contribution in [1.82, 2.24) is 0 Å². The highest BCUT2D eigenvalue weighted by Crippen LogP contribution is 2.43. The van der Waals surface area contributed by atoms with E-state index < -0.39 is 0 Å². The summed E-state index contributed by atoms with van der Waals surface area (Å²) in [5.41, 5.74) is 0.622. The number of hydrogen-bond donors (Lipinski definition) is 0. The highest BCUT2D eigenvalue weighted by molar-refractivity contribution is 4.86. The van der Waals surface area contributed by atoms with Gasteiger partial charge in [-0.1, -0.05) is 78.1 Å². The fourth-order valence-corrected chi connectivity index (χ4v) is 6.03. The van der Waals surface area contributed by atoms with E-state index in [2.05, 4.69) is 27.7 Å². The van der Waals surface area contributed by atoms with Crippen LogP contribution in [-0.4, -0.2) is 29.7 Å². The van der Waals surface area contributed by atoms with Gasteiger partial charge in [-0.15, -0.1) is 0 Å². The maximum Gasteiger partial charge on any atom is 0.0992 e. The van der Waals surface area contributed by atoms with Gasteiger partial charge in [-0.25, -0.2) is 0 Å². The zero-order chi connectivity index (χ0) is 19.8. The summed E-state index contributed by atoms with van der Waals surface area (Å²) >= 11 is 0. The number of unbranched alkanes of at least 4 members (excludes halogenated alkanes) is 10. The molecular weight excluding hydrogens is 326 g/mol. The van der Waals surface area contributed by atoms with Gasteiger partial charge in [-0.05, 0) is 46.0 Å². The molecule has 1 aliphatic carbocycles. The first-order valence-corrected chi connectivity index (χ1v) is 13.1. The van der Waals surface area contributed by atoms with Crippen molar-refractivity contribution < 1.29 is 4.48 Å². The topological polar surface area (TPSA) is 0 Å². The predicted octanol–water partition coefficient (Wildman–Crippen LogP) is 8.66. The van der Waals surface area contributed by atoms with Crippen LogP contribution in [0, 0.1) is 0 Å². The lowest BCUT2D eigenvalue weighted by Gasteiger charge is -2.55. The highest BCUT2D eigenvalue weighted by atomic mass is 15.4. The average Bonchev–Trinajstić information content (AvgIpc) is 2.71. The van der Waals surface area contributed by atoms with Gasteiger partial charge in [0.05, 0.1) is 25.2 Å². The molecule has 1 saturated carbocycles. The van der Waals surface area contributed by atoms with Gasteiger partial charge in [-0.3, -0.25) is 0 Å². The fourth-order valence-electron chi connectivity index (χ4n) is 6.03. The molecule has 1 aliphatic rings. The molecule has 0 N–H and O–H groups in total. The normalized spacial score (nSPS) is 17.3. The summed E-state index contributed by atoms with van der Waals surface area (Å²) in [4.78, 5) is 0. The van der Waals surface area contributed by atoms with Crippen LogP contribution < -0.4 is 0 Å². The minimum Gasteiger partial charge on any atom is -0.319 e. The van der Waals surface area contributed by atoms with Gasteiger partial charge in [0.2, 0.25) is 0 Å². The summed E-state index contributed by atoms with van der Waals surface area (Å²) in [7, 11) is 0. The van der Waals surface area contributed by atoms with Crippen LogP contribution in [0.5, 0.6) is 0 Å². The molecule has 0 heterocycles. The molecule has 0 amide bonds. The van der Waals surface area contributed by atoms with Gasteiger partial charge in [0.15, 0.2) is 0 Å². The second-order valence-electron chi connectivity index (χ2n) is 9.57. The Balaban J connectivity index is 2.41. The molecule has 1 rings (SSSR count). The summed E-state index contributed by atoms with van der Waals surface area (Å²) in [5.74, 6) is 0. The van der Waals surface area contributed by atoms with Crippen LogP contribution >= 0.6 is 0 Å². The molecule has 0 bridgehead atoms. The number of rotatable bonds is 17. The van der Waals surface area contributed by atoms with Crippen molar-refractivity contribution in [2.45, 2.75) is 149 Å². The lowest BCUT2D eigenvalue weighted by atomic mass is 9.74. The Morgan fingerprint density at radius 3 is 1.52 bits per heavy atom. The molecule has 1 heteroatoms. The van der Waals surface area contributed by atoms with E-state index in [0.29, 0.717) is 5.54 Å². The van der Waals surface area contributed by atoms with Gasteiger partial charge in [0.25, 0.3) is 0 Å². The van der Waals surface area contributed by atoms with Gasteiger partial charge in [-0.2, -0.15) is 0 Å². The molecule has 0 unspecified atom stereocenters. The molecule has 1 nitrogen and oxygen atoms in total. The van der Waals surface area contributed by atoms with Crippen LogP contribution in [0.1, 0.15) is 143 Å². The van der Waals surface area contributed by atoms with Gasteiger partial charge < -0.3 is 4.48 Å². The van der Waals surface area contributed by atoms with Crippen LogP contribution in [0.3, 0.4) is 0 Å². The summed E-state index contributed by atoms with van der Waals surface area (Å²) in [5, 5.41) is 0. The minimum absolute atomic E-state index is 0.622. The summed E-state index contributed by atoms with van der Waals surface area (Å²) in [6.07, 6.45) is 26.4. The van der Waals surface area contributed by atoms with Gasteiger partial charge in [0.1, 0.15) is 0 Å². The maximum absolute atomic E-state index is 2.49. The SMILES string of the molecule is CCCCCCCCCCCC[N+](CC)(CC)C1(CCCC)CCCCC1.